The molecular formula is C13H27NO. The van der Waals surface area contributed by atoms with Crippen molar-refractivity contribution < 1.29 is 4.74 Å². The molecule has 1 fully saturated rings. The fourth-order valence-corrected chi connectivity index (χ4v) is 2.58. The summed E-state index contributed by atoms with van der Waals surface area (Å²) in [5.41, 5.74) is 5.74. The fourth-order valence-electron chi connectivity index (χ4n) is 2.58. The first-order valence-corrected chi connectivity index (χ1v) is 6.38. The second kappa shape index (κ2) is 5.86. The summed E-state index contributed by atoms with van der Waals surface area (Å²) in [7, 11) is 0. The molecule has 0 aromatic heterocycles. The standard InChI is InChI=1S/C13H27NO/c1-9(2)12-6-5-10(3)7-13(12)15-8-11(4)14/h9-13H,5-8,14H2,1-4H3. The highest BCUT2D eigenvalue weighted by atomic mass is 16.5. The maximum absolute atomic E-state index is 5.96. The van der Waals surface area contributed by atoms with Crippen LogP contribution in [0.5, 0.6) is 0 Å². The molecule has 0 spiro atoms. The monoisotopic (exact) mass is 213 g/mol. The highest BCUT2D eigenvalue weighted by molar-refractivity contribution is 4.81. The van der Waals surface area contributed by atoms with Crippen molar-refractivity contribution in [1.82, 2.24) is 0 Å². The van der Waals surface area contributed by atoms with E-state index in [1.807, 2.05) is 6.92 Å². The van der Waals surface area contributed by atoms with E-state index in [4.69, 9.17) is 10.5 Å². The van der Waals surface area contributed by atoms with Crippen LogP contribution < -0.4 is 5.73 Å². The Kier molecular flexibility index (Phi) is 5.07. The van der Waals surface area contributed by atoms with Gasteiger partial charge < -0.3 is 10.5 Å². The smallest absolute Gasteiger partial charge is 0.0618 e. The number of nitrogens with two attached hydrogens (primary N) is 1. The highest BCUT2D eigenvalue weighted by Crippen LogP contribution is 2.35. The molecule has 0 amide bonds. The Morgan fingerprint density at radius 3 is 2.47 bits per heavy atom. The Morgan fingerprint density at radius 2 is 1.93 bits per heavy atom. The SMILES string of the molecule is CC(N)COC1CC(C)CCC1C(C)C. The lowest BCUT2D eigenvalue weighted by Gasteiger charge is -2.37. The minimum absolute atomic E-state index is 0.162. The van der Waals surface area contributed by atoms with Gasteiger partial charge in [-0.05, 0) is 37.5 Å². The lowest BCUT2D eigenvalue weighted by molar-refractivity contribution is -0.0416. The molecule has 1 saturated carbocycles. The molecule has 0 radical (unpaired) electrons. The van der Waals surface area contributed by atoms with Gasteiger partial charge in [-0.3, -0.25) is 0 Å². The quantitative estimate of drug-likeness (QED) is 0.779. The molecular weight excluding hydrogens is 186 g/mol. The van der Waals surface area contributed by atoms with Crippen molar-refractivity contribution >= 4 is 0 Å². The maximum Gasteiger partial charge on any atom is 0.0618 e. The van der Waals surface area contributed by atoms with Gasteiger partial charge in [-0.25, -0.2) is 0 Å². The predicted octanol–water partition coefficient (Wildman–Crippen LogP) is 2.81. The Balaban J connectivity index is 2.46. The van der Waals surface area contributed by atoms with Crippen LogP contribution in [0.1, 0.15) is 47.0 Å². The van der Waals surface area contributed by atoms with Crippen molar-refractivity contribution in [2.24, 2.45) is 23.5 Å². The van der Waals surface area contributed by atoms with Crippen molar-refractivity contribution in [3.8, 4) is 0 Å². The van der Waals surface area contributed by atoms with Gasteiger partial charge >= 0.3 is 0 Å². The molecule has 90 valence electrons. The van der Waals surface area contributed by atoms with E-state index in [-0.39, 0.29) is 6.04 Å². The van der Waals surface area contributed by atoms with Gasteiger partial charge in [0.05, 0.1) is 12.7 Å². The van der Waals surface area contributed by atoms with Crippen LogP contribution in [-0.2, 0) is 4.74 Å². The molecule has 15 heavy (non-hydrogen) atoms. The third-order valence-electron chi connectivity index (χ3n) is 3.53. The molecule has 2 nitrogen and oxygen atoms in total. The third-order valence-corrected chi connectivity index (χ3v) is 3.53. The molecule has 1 aliphatic rings. The molecule has 1 rings (SSSR count). The zero-order valence-corrected chi connectivity index (χ0v) is 10.7. The number of rotatable bonds is 4. The first-order valence-electron chi connectivity index (χ1n) is 6.38. The minimum atomic E-state index is 0.162. The van der Waals surface area contributed by atoms with Crippen LogP contribution >= 0.6 is 0 Å². The molecule has 4 atom stereocenters. The number of hydrogen-bond donors (Lipinski definition) is 1. The average molecular weight is 213 g/mol. The van der Waals surface area contributed by atoms with Gasteiger partial charge in [-0.15, -0.1) is 0 Å². The summed E-state index contributed by atoms with van der Waals surface area (Å²) >= 11 is 0. The lowest BCUT2D eigenvalue weighted by atomic mass is 9.75. The molecule has 0 aliphatic heterocycles. The van der Waals surface area contributed by atoms with Crippen molar-refractivity contribution in [2.75, 3.05) is 6.61 Å². The van der Waals surface area contributed by atoms with Gasteiger partial charge in [0.2, 0.25) is 0 Å². The second-order valence-corrected chi connectivity index (χ2v) is 5.68. The largest absolute Gasteiger partial charge is 0.376 e. The first kappa shape index (κ1) is 13.0. The summed E-state index contributed by atoms with van der Waals surface area (Å²) < 4.78 is 5.96. The number of hydrogen-bond acceptors (Lipinski definition) is 2. The van der Waals surface area contributed by atoms with Gasteiger partial charge in [-0.1, -0.05) is 27.2 Å². The minimum Gasteiger partial charge on any atom is -0.376 e. The summed E-state index contributed by atoms with van der Waals surface area (Å²) in [6.45, 7) is 9.67. The van der Waals surface area contributed by atoms with Crippen molar-refractivity contribution in [3.63, 3.8) is 0 Å². The van der Waals surface area contributed by atoms with Crippen LogP contribution in [0, 0.1) is 17.8 Å². The van der Waals surface area contributed by atoms with Crippen molar-refractivity contribution in [2.45, 2.75) is 59.1 Å². The number of ether oxygens (including phenoxy) is 1. The van der Waals surface area contributed by atoms with Gasteiger partial charge in [-0.2, -0.15) is 0 Å². The third kappa shape index (κ3) is 4.12. The van der Waals surface area contributed by atoms with E-state index in [0.29, 0.717) is 12.7 Å². The lowest BCUT2D eigenvalue weighted by Crippen LogP contribution is -2.37. The zero-order valence-electron chi connectivity index (χ0n) is 10.7. The second-order valence-electron chi connectivity index (χ2n) is 5.68. The molecule has 1 aliphatic carbocycles. The Labute approximate surface area is 94.6 Å². The van der Waals surface area contributed by atoms with Gasteiger partial charge in [0.15, 0.2) is 0 Å². The molecule has 2 N–H and O–H groups in total. The van der Waals surface area contributed by atoms with Crippen molar-refractivity contribution in [3.05, 3.63) is 0 Å². The first-order chi connectivity index (χ1) is 7.00. The van der Waals surface area contributed by atoms with Crippen LogP contribution in [0.4, 0.5) is 0 Å². The van der Waals surface area contributed by atoms with E-state index >= 15 is 0 Å². The van der Waals surface area contributed by atoms with Crippen LogP contribution in [-0.4, -0.2) is 18.8 Å². The molecule has 0 saturated heterocycles. The van der Waals surface area contributed by atoms with E-state index in [0.717, 1.165) is 17.8 Å². The van der Waals surface area contributed by atoms with E-state index in [2.05, 4.69) is 20.8 Å². The van der Waals surface area contributed by atoms with E-state index < -0.39 is 0 Å². The Morgan fingerprint density at radius 1 is 1.27 bits per heavy atom. The Bertz CT molecular complexity index is 179. The van der Waals surface area contributed by atoms with Crippen LogP contribution in [0.3, 0.4) is 0 Å². The van der Waals surface area contributed by atoms with E-state index in [1.165, 1.54) is 19.3 Å². The zero-order chi connectivity index (χ0) is 11.4. The molecule has 0 aromatic carbocycles. The van der Waals surface area contributed by atoms with Crippen LogP contribution in [0.25, 0.3) is 0 Å². The molecule has 0 heterocycles. The van der Waals surface area contributed by atoms with Gasteiger partial charge in [0, 0.05) is 6.04 Å². The maximum atomic E-state index is 5.96. The summed E-state index contributed by atoms with van der Waals surface area (Å²) in [5.74, 6) is 2.29. The normalized spacial score (nSPS) is 34.4. The fraction of sp³-hybridized carbons (Fsp3) is 1.00. The molecule has 0 bridgehead atoms. The van der Waals surface area contributed by atoms with E-state index in [1.54, 1.807) is 0 Å². The summed E-state index contributed by atoms with van der Waals surface area (Å²) in [6.07, 6.45) is 4.35. The molecule has 2 heteroatoms. The highest BCUT2D eigenvalue weighted by Gasteiger charge is 2.31. The van der Waals surface area contributed by atoms with E-state index in [9.17, 15) is 0 Å². The van der Waals surface area contributed by atoms with Crippen molar-refractivity contribution in [1.29, 1.82) is 0 Å². The molecule has 0 aromatic rings. The predicted molar refractivity (Wildman–Crippen MR) is 64.7 cm³/mol. The van der Waals surface area contributed by atoms with Crippen LogP contribution in [0.2, 0.25) is 0 Å². The Hall–Kier alpha value is -0.0800. The van der Waals surface area contributed by atoms with Gasteiger partial charge in [0.25, 0.3) is 0 Å². The summed E-state index contributed by atoms with van der Waals surface area (Å²) in [6, 6.07) is 0.162. The summed E-state index contributed by atoms with van der Waals surface area (Å²) in [5, 5.41) is 0. The molecule has 4 unspecified atom stereocenters. The average Bonchev–Trinajstić information content (AvgIpc) is 2.14. The topological polar surface area (TPSA) is 35.2 Å². The van der Waals surface area contributed by atoms with Gasteiger partial charge in [0.1, 0.15) is 0 Å². The summed E-state index contributed by atoms with van der Waals surface area (Å²) in [4.78, 5) is 0. The van der Waals surface area contributed by atoms with Crippen LogP contribution in [0.15, 0.2) is 0 Å².